The molecule has 1 saturated heterocycles. The number of nitrogens with zero attached hydrogens (tertiary/aromatic N) is 2. The Labute approximate surface area is 117 Å². The van der Waals surface area contributed by atoms with Crippen molar-refractivity contribution in [2.45, 2.75) is 12.5 Å². The first-order valence-corrected chi connectivity index (χ1v) is 6.44. The summed E-state index contributed by atoms with van der Waals surface area (Å²) in [4.78, 5) is 23.6. The molecule has 2 rings (SSSR count). The number of anilines is 1. The average Bonchev–Trinajstić information content (AvgIpc) is 2.78. The molecule has 2 N–H and O–H groups in total. The monoisotopic (exact) mass is 329 g/mol. The lowest BCUT2D eigenvalue weighted by Crippen LogP contribution is -2.33. The number of urea groups is 1. The fourth-order valence-corrected chi connectivity index (χ4v) is 2.25. The number of nitro benzene ring substituents is 1. The topological polar surface area (TPSA) is 95.7 Å². The average molecular weight is 330 g/mol. The Hall–Kier alpha value is -1.67. The highest BCUT2D eigenvalue weighted by Crippen LogP contribution is 2.28. The van der Waals surface area contributed by atoms with Crippen molar-refractivity contribution in [2.75, 3.05) is 18.4 Å². The number of carbonyl (C=O) groups is 1. The Morgan fingerprint density at radius 1 is 1.58 bits per heavy atom. The Kier molecular flexibility index (Phi) is 4.01. The minimum atomic E-state index is -0.528. The van der Waals surface area contributed by atoms with Crippen LogP contribution in [0.2, 0.25) is 0 Å². The summed E-state index contributed by atoms with van der Waals surface area (Å²) >= 11 is 3.07. The predicted octanol–water partition coefficient (Wildman–Crippen LogP) is 1.96. The molecule has 0 aliphatic carbocycles. The van der Waals surface area contributed by atoms with Crippen LogP contribution in [0.25, 0.3) is 0 Å². The first-order valence-electron chi connectivity index (χ1n) is 5.65. The van der Waals surface area contributed by atoms with Crippen molar-refractivity contribution in [3.63, 3.8) is 0 Å². The predicted molar refractivity (Wildman–Crippen MR) is 72.0 cm³/mol. The number of carbonyl (C=O) groups excluding carboxylic acids is 1. The standard InChI is InChI=1S/C11H12BrN3O4/c12-9-2-1-7(5-10(9)15(18)19)13-11(17)14-4-3-8(16)6-14/h1-2,5,8,16H,3-4,6H2,(H,13,17)/t8-/m0/s1. The molecule has 0 bridgehead atoms. The number of rotatable bonds is 2. The number of hydrogen-bond acceptors (Lipinski definition) is 4. The van der Waals surface area contributed by atoms with Crippen LogP contribution < -0.4 is 5.32 Å². The van der Waals surface area contributed by atoms with Crippen molar-refractivity contribution in [1.29, 1.82) is 0 Å². The first-order chi connectivity index (χ1) is 8.97. The largest absolute Gasteiger partial charge is 0.391 e. The number of aliphatic hydroxyl groups is 1. The van der Waals surface area contributed by atoms with Gasteiger partial charge in [-0.05, 0) is 34.5 Å². The van der Waals surface area contributed by atoms with Gasteiger partial charge < -0.3 is 15.3 Å². The molecule has 1 atom stereocenters. The van der Waals surface area contributed by atoms with E-state index in [2.05, 4.69) is 21.2 Å². The van der Waals surface area contributed by atoms with Gasteiger partial charge in [0.05, 0.1) is 15.5 Å². The van der Waals surface area contributed by atoms with Gasteiger partial charge in [-0.1, -0.05) is 0 Å². The third kappa shape index (κ3) is 3.21. The smallest absolute Gasteiger partial charge is 0.321 e. The van der Waals surface area contributed by atoms with E-state index >= 15 is 0 Å². The van der Waals surface area contributed by atoms with Crippen LogP contribution in [0.15, 0.2) is 22.7 Å². The summed E-state index contributed by atoms with van der Waals surface area (Å²) in [5.74, 6) is 0. The second kappa shape index (κ2) is 5.54. The van der Waals surface area contributed by atoms with Gasteiger partial charge in [0.25, 0.3) is 5.69 Å². The van der Waals surface area contributed by atoms with Crippen LogP contribution in [0.3, 0.4) is 0 Å². The summed E-state index contributed by atoms with van der Waals surface area (Å²) in [5, 5.41) is 22.7. The molecular weight excluding hydrogens is 318 g/mol. The molecular formula is C11H12BrN3O4. The molecule has 8 heteroatoms. The van der Waals surface area contributed by atoms with Crippen molar-refractivity contribution in [1.82, 2.24) is 4.90 Å². The molecule has 0 spiro atoms. The fraction of sp³-hybridized carbons (Fsp3) is 0.364. The number of likely N-dealkylation sites (tertiary alicyclic amines) is 1. The third-order valence-electron chi connectivity index (χ3n) is 2.84. The van der Waals surface area contributed by atoms with Crippen LogP contribution in [-0.2, 0) is 0 Å². The number of halogens is 1. The maximum absolute atomic E-state index is 11.8. The zero-order valence-electron chi connectivity index (χ0n) is 9.88. The van der Waals surface area contributed by atoms with E-state index in [1.54, 1.807) is 6.07 Å². The third-order valence-corrected chi connectivity index (χ3v) is 3.52. The second-order valence-electron chi connectivity index (χ2n) is 4.24. The van der Waals surface area contributed by atoms with Gasteiger partial charge in [-0.25, -0.2) is 4.79 Å². The molecule has 1 aromatic carbocycles. The molecule has 7 nitrogen and oxygen atoms in total. The molecule has 0 unspecified atom stereocenters. The highest BCUT2D eigenvalue weighted by Gasteiger charge is 2.24. The number of hydrogen-bond donors (Lipinski definition) is 2. The number of benzene rings is 1. The molecule has 0 aromatic heterocycles. The van der Waals surface area contributed by atoms with Crippen molar-refractivity contribution in [3.05, 3.63) is 32.8 Å². The van der Waals surface area contributed by atoms with Crippen LogP contribution in [-0.4, -0.2) is 40.2 Å². The molecule has 1 aliphatic rings. The Morgan fingerprint density at radius 3 is 2.89 bits per heavy atom. The van der Waals surface area contributed by atoms with E-state index in [1.807, 2.05) is 0 Å². The van der Waals surface area contributed by atoms with Gasteiger partial charge in [0.1, 0.15) is 0 Å². The van der Waals surface area contributed by atoms with Gasteiger partial charge >= 0.3 is 6.03 Å². The number of aliphatic hydroxyl groups excluding tert-OH is 1. The second-order valence-corrected chi connectivity index (χ2v) is 5.10. The van der Waals surface area contributed by atoms with Gasteiger partial charge in [0.15, 0.2) is 0 Å². The Morgan fingerprint density at radius 2 is 2.32 bits per heavy atom. The van der Waals surface area contributed by atoms with Crippen LogP contribution in [0.5, 0.6) is 0 Å². The van der Waals surface area contributed by atoms with E-state index in [4.69, 9.17) is 0 Å². The normalized spacial score (nSPS) is 18.4. The van der Waals surface area contributed by atoms with Gasteiger partial charge in [-0.3, -0.25) is 10.1 Å². The lowest BCUT2D eigenvalue weighted by Gasteiger charge is -2.16. The lowest BCUT2D eigenvalue weighted by molar-refractivity contribution is -0.385. The van der Waals surface area contributed by atoms with E-state index in [0.717, 1.165) is 0 Å². The zero-order chi connectivity index (χ0) is 14.0. The Balaban J connectivity index is 2.09. The number of β-amino-alcohol motifs (C(OH)–C–C–N with tert-alkyl or cyclic N) is 1. The van der Waals surface area contributed by atoms with Crippen LogP contribution in [0.4, 0.5) is 16.2 Å². The summed E-state index contributed by atoms with van der Waals surface area (Å²) in [6, 6.07) is 4.00. The van der Waals surface area contributed by atoms with E-state index in [1.165, 1.54) is 17.0 Å². The molecule has 1 aliphatic heterocycles. The summed E-state index contributed by atoms with van der Waals surface area (Å²) in [5.41, 5.74) is 0.237. The van der Waals surface area contributed by atoms with Gasteiger partial charge in [0.2, 0.25) is 0 Å². The molecule has 1 aromatic rings. The molecule has 102 valence electrons. The van der Waals surface area contributed by atoms with E-state index in [0.29, 0.717) is 23.1 Å². The van der Waals surface area contributed by atoms with E-state index < -0.39 is 11.0 Å². The van der Waals surface area contributed by atoms with E-state index in [9.17, 15) is 20.0 Å². The highest BCUT2D eigenvalue weighted by atomic mass is 79.9. The summed E-state index contributed by atoms with van der Waals surface area (Å²) < 4.78 is 0.354. The maximum Gasteiger partial charge on any atom is 0.321 e. The molecule has 0 saturated carbocycles. The number of amides is 2. The minimum Gasteiger partial charge on any atom is -0.391 e. The summed E-state index contributed by atoms with van der Waals surface area (Å²) in [6.07, 6.45) is 0.0541. The molecule has 1 heterocycles. The van der Waals surface area contributed by atoms with Crippen molar-refractivity contribution >= 4 is 33.3 Å². The lowest BCUT2D eigenvalue weighted by atomic mass is 10.3. The van der Waals surface area contributed by atoms with Crippen LogP contribution in [0.1, 0.15) is 6.42 Å². The first kappa shape index (κ1) is 13.8. The van der Waals surface area contributed by atoms with Crippen LogP contribution >= 0.6 is 15.9 Å². The number of nitro groups is 1. The van der Waals surface area contributed by atoms with Crippen molar-refractivity contribution in [2.24, 2.45) is 0 Å². The SMILES string of the molecule is O=C(Nc1ccc(Br)c([N+](=O)[O-])c1)N1CC[C@H](O)C1. The summed E-state index contributed by atoms with van der Waals surface area (Å²) in [7, 11) is 0. The molecule has 1 fully saturated rings. The summed E-state index contributed by atoms with van der Waals surface area (Å²) in [6.45, 7) is 0.760. The van der Waals surface area contributed by atoms with Crippen molar-refractivity contribution < 1.29 is 14.8 Å². The maximum atomic E-state index is 11.8. The van der Waals surface area contributed by atoms with E-state index in [-0.39, 0.29) is 18.3 Å². The van der Waals surface area contributed by atoms with Crippen molar-refractivity contribution in [3.8, 4) is 0 Å². The molecule has 0 radical (unpaired) electrons. The van der Waals surface area contributed by atoms with Crippen LogP contribution in [0, 0.1) is 10.1 Å². The number of nitrogens with one attached hydrogen (secondary N) is 1. The molecule has 2 amide bonds. The highest BCUT2D eigenvalue weighted by molar-refractivity contribution is 9.10. The van der Waals surface area contributed by atoms with Gasteiger partial charge in [-0.2, -0.15) is 0 Å². The fourth-order valence-electron chi connectivity index (χ4n) is 1.86. The Bertz CT molecular complexity index is 523. The minimum absolute atomic E-state index is 0.112. The van der Waals surface area contributed by atoms with Gasteiger partial charge in [0, 0.05) is 24.8 Å². The van der Waals surface area contributed by atoms with Gasteiger partial charge in [-0.15, -0.1) is 0 Å². The molecule has 19 heavy (non-hydrogen) atoms. The quantitative estimate of drug-likeness (QED) is 0.640. The zero-order valence-corrected chi connectivity index (χ0v) is 11.5.